The van der Waals surface area contributed by atoms with Crippen LogP contribution >= 0.6 is 22.9 Å². The number of carbonyl (C=O) groups is 2. The largest absolute Gasteiger partial charge is 0.486 e. The lowest BCUT2D eigenvalue weighted by Crippen LogP contribution is -2.35. The first-order valence-corrected chi connectivity index (χ1v) is 15.6. The molecular weight excluding hydrogens is 598 g/mol. The number of rotatable bonds is 8. The molecule has 10 nitrogen and oxygen atoms in total. The summed E-state index contributed by atoms with van der Waals surface area (Å²) in [6.07, 6.45) is 6.88. The van der Waals surface area contributed by atoms with Gasteiger partial charge in [0.05, 0.1) is 27.5 Å². The molecule has 0 radical (unpaired) electrons. The summed E-state index contributed by atoms with van der Waals surface area (Å²) in [6.45, 7) is 3.41. The van der Waals surface area contributed by atoms with E-state index in [1.165, 1.54) is 47.4 Å². The summed E-state index contributed by atoms with van der Waals surface area (Å²) in [5, 5.41) is 6.78. The van der Waals surface area contributed by atoms with E-state index in [1.54, 1.807) is 24.4 Å². The summed E-state index contributed by atoms with van der Waals surface area (Å²) in [4.78, 5) is 44.8. The summed E-state index contributed by atoms with van der Waals surface area (Å²) in [7, 11) is 0. The Morgan fingerprint density at radius 1 is 1.02 bits per heavy atom. The van der Waals surface area contributed by atoms with Gasteiger partial charge in [0.2, 0.25) is 0 Å². The number of benzene rings is 2. The number of piperidine rings is 1. The number of urea groups is 1. The summed E-state index contributed by atoms with van der Waals surface area (Å²) in [5.74, 6) is 0.495. The first-order chi connectivity index (χ1) is 21.5. The number of carbonyl (C=O) groups excluding carboxylic acids is 2. The Hall–Kier alpha value is -4.58. The average Bonchev–Trinajstić information content (AvgIpc) is 3.42. The van der Waals surface area contributed by atoms with Crippen molar-refractivity contribution in [3.8, 4) is 5.75 Å². The maximum atomic E-state index is 13.5. The van der Waals surface area contributed by atoms with Crippen LogP contribution in [0.5, 0.6) is 5.75 Å². The molecule has 44 heavy (non-hydrogen) atoms. The second-order valence-corrected chi connectivity index (χ2v) is 12.1. The van der Waals surface area contributed by atoms with Crippen molar-refractivity contribution in [3.63, 3.8) is 0 Å². The molecular formula is C32H28ClN7O3S. The van der Waals surface area contributed by atoms with Crippen molar-refractivity contribution in [2.45, 2.75) is 32.4 Å². The van der Waals surface area contributed by atoms with E-state index in [9.17, 15) is 9.59 Å². The van der Waals surface area contributed by atoms with Gasteiger partial charge in [-0.2, -0.15) is 0 Å². The first kappa shape index (κ1) is 28.2. The Balaban J connectivity index is 1.11. The Kier molecular flexibility index (Phi) is 7.82. The number of ether oxygens (including phenoxy) is 1. The van der Waals surface area contributed by atoms with Gasteiger partial charge in [0, 0.05) is 18.4 Å². The molecule has 0 atom stereocenters. The highest BCUT2D eigenvalue weighted by atomic mass is 35.5. The topological polar surface area (TPSA) is 113 Å². The highest BCUT2D eigenvalue weighted by Gasteiger charge is 2.34. The number of hydrogen-bond acceptors (Lipinski definition) is 8. The van der Waals surface area contributed by atoms with Crippen LogP contribution in [0.4, 0.5) is 27.7 Å². The van der Waals surface area contributed by atoms with Gasteiger partial charge >= 0.3 is 6.03 Å². The summed E-state index contributed by atoms with van der Waals surface area (Å²) in [6, 6.07) is 18.1. The van der Waals surface area contributed by atoms with Crippen LogP contribution in [0, 0.1) is 0 Å². The molecule has 0 saturated carbocycles. The van der Waals surface area contributed by atoms with E-state index >= 15 is 0 Å². The van der Waals surface area contributed by atoms with Crippen LogP contribution in [0.2, 0.25) is 5.02 Å². The van der Waals surface area contributed by atoms with E-state index in [0.29, 0.717) is 48.7 Å². The van der Waals surface area contributed by atoms with Crippen LogP contribution in [0.15, 0.2) is 73.2 Å². The molecule has 222 valence electrons. The van der Waals surface area contributed by atoms with Crippen molar-refractivity contribution in [2.75, 3.05) is 28.6 Å². The third-order valence-electron chi connectivity index (χ3n) is 7.66. The van der Waals surface area contributed by atoms with Gasteiger partial charge in [0.1, 0.15) is 28.4 Å². The average molecular weight is 626 g/mol. The zero-order chi connectivity index (χ0) is 30.0. The lowest BCUT2D eigenvalue weighted by atomic mass is 10.1. The van der Waals surface area contributed by atoms with E-state index in [0.717, 1.165) is 25.3 Å². The van der Waals surface area contributed by atoms with Gasteiger partial charge in [-0.3, -0.25) is 14.7 Å². The maximum absolute atomic E-state index is 13.5. The van der Waals surface area contributed by atoms with E-state index in [2.05, 4.69) is 30.5 Å². The van der Waals surface area contributed by atoms with Crippen molar-refractivity contribution in [1.29, 1.82) is 0 Å². The van der Waals surface area contributed by atoms with E-state index in [-0.39, 0.29) is 12.5 Å². The van der Waals surface area contributed by atoms with Crippen molar-refractivity contribution in [3.05, 3.63) is 94.3 Å². The minimum Gasteiger partial charge on any atom is -0.486 e. The lowest BCUT2D eigenvalue weighted by Gasteiger charge is -2.27. The fraction of sp³-hybridized carbons (Fsp3) is 0.219. The molecule has 0 aliphatic carbocycles. The summed E-state index contributed by atoms with van der Waals surface area (Å²) in [5.41, 5.74) is 3.54. The molecule has 3 amide bonds. The van der Waals surface area contributed by atoms with Gasteiger partial charge in [-0.1, -0.05) is 36.2 Å². The summed E-state index contributed by atoms with van der Waals surface area (Å²) < 4.78 is 5.84. The number of likely N-dealkylation sites (tertiary alicyclic amines) is 1. The second-order valence-electron chi connectivity index (χ2n) is 10.7. The van der Waals surface area contributed by atoms with Crippen LogP contribution in [0.3, 0.4) is 0 Å². The van der Waals surface area contributed by atoms with Gasteiger partial charge < -0.3 is 15.4 Å². The van der Waals surface area contributed by atoms with Gasteiger partial charge in [-0.15, -0.1) is 11.3 Å². The SMILES string of the molecule is O=C(Nc1ccc(CN2CCCCC2)cc1)c1sc2ncnc3c2c1NC(=O)N3c1ccc(OCc2ccccn2)c(Cl)c1. The minimum atomic E-state index is -0.467. The van der Waals surface area contributed by atoms with Crippen LogP contribution in [-0.2, 0) is 13.2 Å². The molecule has 3 aromatic heterocycles. The fourth-order valence-electron chi connectivity index (χ4n) is 5.50. The van der Waals surface area contributed by atoms with E-state index in [4.69, 9.17) is 16.3 Å². The van der Waals surface area contributed by atoms with Crippen LogP contribution < -0.4 is 20.3 Å². The number of aromatic nitrogens is 3. The number of pyridine rings is 1. The fourth-order valence-corrected chi connectivity index (χ4v) is 6.72. The molecule has 1 fully saturated rings. The van der Waals surface area contributed by atoms with Crippen LogP contribution in [0.1, 0.15) is 40.2 Å². The number of amides is 3. The number of thiophene rings is 1. The summed E-state index contributed by atoms with van der Waals surface area (Å²) >= 11 is 7.76. The number of hydrogen-bond donors (Lipinski definition) is 2. The van der Waals surface area contributed by atoms with Gasteiger partial charge in [-0.05, 0) is 74.0 Å². The predicted octanol–water partition coefficient (Wildman–Crippen LogP) is 7.24. The van der Waals surface area contributed by atoms with Gasteiger partial charge in [0.15, 0.2) is 5.82 Å². The molecule has 2 N–H and O–H groups in total. The molecule has 0 bridgehead atoms. The Bertz CT molecular complexity index is 1840. The molecule has 12 heteroatoms. The zero-order valence-electron chi connectivity index (χ0n) is 23.6. The van der Waals surface area contributed by atoms with Crippen LogP contribution in [-0.4, -0.2) is 44.9 Å². The smallest absolute Gasteiger partial charge is 0.332 e. The Morgan fingerprint density at radius 2 is 1.86 bits per heavy atom. The number of nitrogens with zero attached hydrogens (tertiary/aromatic N) is 5. The molecule has 5 heterocycles. The first-order valence-electron chi connectivity index (χ1n) is 14.4. The molecule has 0 spiro atoms. The third kappa shape index (κ3) is 5.69. The predicted molar refractivity (Wildman–Crippen MR) is 172 cm³/mol. The number of halogens is 1. The van der Waals surface area contributed by atoms with Crippen molar-refractivity contribution < 1.29 is 14.3 Å². The molecule has 2 aliphatic rings. The number of nitrogens with one attached hydrogen (secondary N) is 2. The van der Waals surface area contributed by atoms with E-state index < -0.39 is 6.03 Å². The monoisotopic (exact) mass is 625 g/mol. The van der Waals surface area contributed by atoms with E-state index in [1.807, 2.05) is 42.5 Å². The molecule has 2 aliphatic heterocycles. The Morgan fingerprint density at radius 3 is 2.64 bits per heavy atom. The lowest BCUT2D eigenvalue weighted by molar-refractivity contribution is 0.103. The maximum Gasteiger partial charge on any atom is 0.332 e. The van der Waals surface area contributed by atoms with Gasteiger partial charge in [-0.25, -0.2) is 19.7 Å². The van der Waals surface area contributed by atoms with Crippen molar-refractivity contribution in [2.24, 2.45) is 0 Å². The van der Waals surface area contributed by atoms with Crippen molar-refractivity contribution in [1.82, 2.24) is 19.9 Å². The molecule has 2 aromatic carbocycles. The van der Waals surface area contributed by atoms with Gasteiger partial charge in [0.25, 0.3) is 5.91 Å². The van der Waals surface area contributed by atoms with Crippen molar-refractivity contribution >= 4 is 68.0 Å². The normalized spacial score (nSPS) is 14.8. The third-order valence-corrected chi connectivity index (χ3v) is 9.06. The molecule has 7 rings (SSSR count). The highest BCUT2D eigenvalue weighted by molar-refractivity contribution is 7.21. The van der Waals surface area contributed by atoms with Crippen LogP contribution in [0.25, 0.3) is 10.2 Å². The number of anilines is 4. The standard InChI is InChI=1S/C32H28ClN7O3S/c33-24-16-23(11-12-25(24)43-18-22-6-2-3-13-34-22)40-29-26-27(38-32(40)42)28(44-31(26)36-19-35-29)30(41)37-21-9-7-20(8-10-21)17-39-14-4-1-5-15-39/h2-3,6-13,16,19H,1,4-5,14-15,17-18H2,(H,37,41)(H,38,42). The second kappa shape index (κ2) is 12.2. The Labute approximate surface area is 262 Å². The molecule has 5 aromatic rings. The molecule has 1 saturated heterocycles. The minimum absolute atomic E-state index is 0.252. The molecule has 0 unspecified atom stereocenters. The highest BCUT2D eigenvalue weighted by Crippen LogP contribution is 2.45. The zero-order valence-corrected chi connectivity index (χ0v) is 25.2. The quantitative estimate of drug-likeness (QED) is 0.187.